The maximum absolute atomic E-state index is 12.7. The Morgan fingerprint density at radius 1 is 1.35 bits per heavy atom. The van der Waals surface area contributed by atoms with Crippen molar-refractivity contribution in [1.29, 1.82) is 0 Å². The maximum atomic E-state index is 12.7. The zero-order valence-corrected chi connectivity index (χ0v) is 15.4. The van der Waals surface area contributed by atoms with Crippen molar-refractivity contribution in [3.8, 4) is 0 Å². The molecule has 7 nitrogen and oxygen atoms in total. The van der Waals surface area contributed by atoms with Gasteiger partial charge in [-0.1, -0.05) is 5.16 Å². The van der Waals surface area contributed by atoms with Crippen LogP contribution in [0.4, 0.5) is 0 Å². The number of hydrogen-bond acceptors (Lipinski definition) is 6. The molecule has 3 fully saturated rings. The van der Waals surface area contributed by atoms with Crippen molar-refractivity contribution in [3.05, 3.63) is 33.6 Å². The van der Waals surface area contributed by atoms with Crippen LogP contribution in [0.5, 0.6) is 0 Å². The van der Waals surface area contributed by atoms with Gasteiger partial charge in [-0.15, -0.1) is 11.3 Å². The van der Waals surface area contributed by atoms with Crippen LogP contribution in [-0.2, 0) is 11.3 Å². The van der Waals surface area contributed by atoms with E-state index in [1.54, 1.807) is 22.3 Å². The number of carbonyl (C=O) groups is 2. The lowest BCUT2D eigenvalue weighted by Gasteiger charge is -2.20. The second kappa shape index (κ2) is 5.90. The molecule has 1 saturated carbocycles. The lowest BCUT2D eigenvalue weighted by molar-refractivity contribution is -0.131. The molecule has 2 aromatic rings. The SMILES string of the molecule is Cc1nc(CN2C[C@@H]3CN(C(=O)c4cc(C5CC5)on4)C[C@@H]3C2=O)cs1. The molecule has 26 heavy (non-hydrogen) atoms. The first kappa shape index (κ1) is 16.0. The molecule has 2 amide bonds. The van der Waals surface area contributed by atoms with E-state index in [4.69, 9.17) is 4.52 Å². The Kier molecular flexibility index (Phi) is 3.63. The van der Waals surface area contributed by atoms with Crippen LogP contribution in [0.2, 0.25) is 0 Å². The number of hydrogen-bond donors (Lipinski definition) is 0. The van der Waals surface area contributed by atoms with E-state index in [9.17, 15) is 9.59 Å². The Balaban J connectivity index is 1.24. The number of amides is 2. The minimum absolute atomic E-state index is 0.103. The molecular weight excluding hydrogens is 352 g/mol. The average molecular weight is 372 g/mol. The summed E-state index contributed by atoms with van der Waals surface area (Å²) < 4.78 is 5.29. The van der Waals surface area contributed by atoms with E-state index in [2.05, 4.69) is 10.1 Å². The molecule has 1 aliphatic carbocycles. The van der Waals surface area contributed by atoms with Crippen LogP contribution in [-0.4, -0.2) is 51.4 Å². The molecule has 0 N–H and O–H groups in total. The van der Waals surface area contributed by atoms with E-state index in [0.29, 0.717) is 37.8 Å². The van der Waals surface area contributed by atoms with Crippen LogP contribution in [0, 0.1) is 18.8 Å². The second-order valence-corrected chi connectivity index (χ2v) is 8.60. The van der Waals surface area contributed by atoms with Crippen LogP contribution in [0.1, 0.15) is 45.7 Å². The number of nitrogens with zero attached hydrogens (tertiary/aromatic N) is 4. The standard InChI is InChI=1S/C18H20N4O3S/c1-10-19-13(9-26-10)7-21-5-12-6-22(8-14(12)17(21)23)18(24)15-4-16(25-20-15)11-2-3-11/h4,9,11-12,14H,2-3,5-8H2,1H3/t12-,14+/m1/s1. The zero-order chi connectivity index (χ0) is 17.8. The van der Waals surface area contributed by atoms with Crippen molar-refractivity contribution >= 4 is 23.2 Å². The predicted octanol–water partition coefficient (Wildman–Crippen LogP) is 2.05. The van der Waals surface area contributed by atoms with Gasteiger partial charge in [0, 0.05) is 42.9 Å². The quantitative estimate of drug-likeness (QED) is 0.821. The number of rotatable bonds is 4. The van der Waals surface area contributed by atoms with E-state index in [0.717, 1.165) is 29.3 Å². The van der Waals surface area contributed by atoms with Crippen molar-refractivity contribution in [2.75, 3.05) is 19.6 Å². The van der Waals surface area contributed by atoms with Crippen molar-refractivity contribution in [1.82, 2.24) is 19.9 Å². The molecule has 2 atom stereocenters. The lowest BCUT2D eigenvalue weighted by Crippen LogP contribution is -2.35. The summed E-state index contributed by atoms with van der Waals surface area (Å²) in [4.78, 5) is 33.5. The normalized spacial score (nSPS) is 25.2. The number of carbonyl (C=O) groups excluding carboxylic acids is 2. The number of likely N-dealkylation sites (tertiary alicyclic amines) is 2. The average Bonchev–Trinajstić information content (AvgIpc) is 2.99. The van der Waals surface area contributed by atoms with E-state index in [1.165, 1.54) is 0 Å². The molecule has 2 aromatic heterocycles. The van der Waals surface area contributed by atoms with Gasteiger partial charge in [-0.05, 0) is 19.8 Å². The van der Waals surface area contributed by atoms with Crippen molar-refractivity contribution in [2.45, 2.75) is 32.2 Å². The minimum Gasteiger partial charge on any atom is -0.360 e. The van der Waals surface area contributed by atoms with Gasteiger partial charge < -0.3 is 14.3 Å². The van der Waals surface area contributed by atoms with Gasteiger partial charge in [-0.25, -0.2) is 4.98 Å². The van der Waals surface area contributed by atoms with Gasteiger partial charge in [-0.3, -0.25) is 9.59 Å². The summed E-state index contributed by atoms with van der Waals surface area (Å²) >= 11 is 1.60. The molecule has 0 aromatic carbocycles. The van der Waals surface area contributed by atoms with Crippen LogP contribution < -0.4 is 0 Å². The largest absolute Gasteiger partial charge is 0.360 e. The van der Waals surface area contributed by atoms with E-state index >= 15 is 0 Å². The fraction of sp³-hybridized carbons (Fsp3) is 0.556. The number of thiazole rings is 1. The van der Waals surface area contributed by atoms with Gasteiger partial charge in [0.2, 0.25) is 5.91 Å². The highest BCUT2D eigenvalue weighted by atomic mass is 32.1. The molecule has 2 saturated heterocycles. The van der Waals surface area contributed by atoms with E-state index < -0.39 is 0 Å². The minimum atomic E-state index is -0.121. The van der Waals surface area contributed by atoms with Gasteiger partial charge in [0.15, 0.2) is 5.69 Å². The highest BCUT2D eigenvalue weighted by molar-refractivity contribution is 7.09. The zero-order valence-electron chi connectivity index (χ0n) is 14.6. The Morgan fingerprint density at radius 2 is 2.19 bits per heavy atom. The maximum Gasteiger partial charge on any atom is 0.276 e. The number of aromatic nitrogens is 2. The van der Waals surface area contributed by atoms with Crippen molar-refractivity contribution in [3.63, 3.8) is 0 Å². The molecule has 0 bridgehead atoms. The molecule has 3 aliphatic rings. The van der Waals surface area contributed by atoms with E-state index in [-0.39, 0.29) is 23.7 Å². The van der Waals surface area contributed by atoms with Crippen LogP contribution in [0.3, 0.4) is 0 Å². The summed E-state index contributed by atoms with van der Waals surface area (Å²) in [5.41, 5.74) is 1.32. The third-order valence-corrected chi connectivity index (χ3v) is 6.38. The van der Waals surface area contributed by atoms with Crippen molar-refractivity contribution in [2.24, 2.45) is 11.8 Å². The summed E-state index contributed by atoms with van der Waals surface area (Å²) in [6.45, 7) is 4.30. The highest BCUT2D eigenvalue weighted by Gasteiger charge is 2.47. The Bertz CT molecular complexity index is 871. The summed E-state index contributed by atoms with van der Waals surface area (Å²) in [5.74, 6) is 1.36. The van der Waals surface area contributed by atoms with E-state index in [1.807, 2.05) is 17.2 Å². The monoisotopic (exact) mass is 372 g/mol. The number of fused-ring (bicyclic) bond motifs is 1. The number of aryl methyl sites for hydroxylation is 1. The fourth-order valence-electron chi connectivity index (χ4n) is 4.04. The second-order valence-electron chi connectivity index (χ2n) is 7.54. The summed E-state index contributed by atoms with van der Waals surface area (Å²) in [7, 11) is 0. The Hall–Kier alpha value is -2.22. The summed E-state index contributed by atoms with van der Waals surface area (Å²) in [6, 6.07) is 1.77. The Labute approximate surface area is 155 Å². The third kappa shape index (κ3) is 2.72. The van der Waals surface area contributed by atoms with Crippen LogP contribution in [0.15, 0.2) is 16.0 Å². The van der Waals surface area contributed by atoms with Crippen LogP contribution in [0.25, 0.3) is 0 Å². The molecule has 0 unspecified atom stereocenters. The third-order valence-electron chi connectivity index (χ3n) is 5.56. The molecule has 4 heterocycles. The lowest BCUT2D eigenvalue weighted by atomic mass is 10.0. The smallest absolute Gasteiger partial charge is 0.276 e. The molecule has 0 radical (unpaired) electrons. The molecule has 136 valence electrons. The van der Waals surface area contributed by atoms with Gasteiger partial charge in [-0.2, -0.15) is 0 Å². The molecular formula is C18H20N4O3S. The van der Waals surface area contributed by atoms with Gasteiger partial charge in [0.25, 0.3) is 5.91 Å². The molecule has 2 aliphatic heterocycles. The van der Waals surface area contributed by atoms with Gasteiger partial charge in [0.1, 0.15) is 5.76 Å². The first-order valence-electron chi connectivity index (χ1n) is 9.04. The highest BCUT2D eigenvalue weighted by Crippen LogP contribution is 2.40. The predicted molar refractivity (Wildman–Crippen MR) is 93.6 cm³/mol. The summed E-state index contributed by atoms with van der Waals surface area (Å²) in [6.07, 6.45) is 2.22. The van der Waals surface area contributed by atoms with Gasteiger partial charge >= 0.3 is 0 Å². The first-order valence-corrected chi connectivity index (χ1v) is 9.92. The van der Waals surface area contributed by atoms with Gasteiger partial charge in [0.05, 0.1) is 23.2 Å². The Morgan fingerprint density at radius 3 is 2.88 bits per heavy atom. The fourth-order valence-corrected chi connectivity index (χ4v) is 4.64. The molecule has 8 heteroatoms. The van der Waals surface area contributed by atoms with Crippen molar-refractivity contribution < 1.29 is 14.1 Å². The molecule has 0 spiro atoms. The van der Waals surface area contributed by atoms with Crippen LogP contribution >= 0.6 is 11.3 Å². The summed E-state index contributed by atoms with van der Waals surface area (Å²) in [5, 5.41) is 6.96. The topological polar surface area (TPSA) is 79.5 Å². The molecule has 5 rings (SSSR count). The first-order chi connectivity index (χ1) is 12.6.